The Morgan fingerprint density at radius 1 is 1.07 bits per heavy atom. The molecule has 40 heavy (non-hydrogen) atoms. The van der Waals surface area contributed by atoms with Crippen molar-refractivity contribution in [3.8, 4) is 5.75 Å². The third kappa shape index (κ3) is 3.19. The summed E-state index contributed by atoms with van der Waals surface area (Å²) in [4.78, 5) is 63.4. The first-order chi connectivity index (χ1) is 18.9. The Morgan fingerprint density at radius 3 is 2.42 bits per heavy atom. The molecule has 6 atom stereocenters. The van der Waals surface area contributed by atoms with Crippen LogP contribution in [0.3, 0.4) is 0 Å². The van der Waals surface area contributed by atoms with E-state index in [2.05, 4.69) is 0 Å². The Hall–Kier alpha value is -3.67. The second-order valence-electron chi connectivity index (χ2n) is 10.5. The van der Waals surface area contributed by atoms with Gasteiger partial charge in [-0.2, -0.15) is 0 Å². The number of imide groups is 2. The topological polar surface area (TPSA) is 166 Å². The van der Waals surface area contributed by atoms with Gasteiger partial charge in [0.05, 0.1) is 23.4 Å². The summed E-state index contributed by atoms with van der Waals surface area (Å²) in [6.45, 7) is -0.427. The molecule has 208 valence electrons. The number of carboxylic acid groups (broad SMARTS) is 1. The molecule has 1 aromatic heterocycles. The minimum absolute atomic E-state index is 0.00133. The molecular formula is C27H22Cl2N2O9. The van der Waals surface area contributed by atoms with Crippen LogP contribution in [-0.4, -0.2) is 66.6 Å². The normalized spacial score (nSPS) is 33.1. The lowest BCUT2D eigenvalue weighted by molar-refractivity contribution is -0.138. The third-order valence-corrected chi connectivity index (χ3v) is 10.0. The summed E-state index contributed by atoms with van der Waals surface area (Å²) in [6, 6.07) is 6.43. The predicted molar refractivity (Wildman–Crippen MR) is 138 cm³/mol. The number of hydrogen-bond acceptors (Lipinski definition) is 8. The van der Waals surface area contributed by atoms with Crippen molar-refractivity contribution in [2.45, 2.75) is 35.1 Å². The van der Waals surface area contributed by atoms with Crippen molar-refractivity contribution in [1.29, 1.82) is 0 Å². The lowest BCUT2D eigenvalue weighted by atomic mass is 9.57. The van der Waals surface area contributed by atoms with E-state index in [9.17, 15) is 39.3 Å². The van der Waals surface area contributed by atoms with Crippen LogP contribution in [0.15, 0.2) is 46.4 Å². The maximum Gasteiger partial charge on any atom is 0.339 e. The van der Waals surface area contributed by atoms with Crippen LogP contribution in [0.1, 0.15) is 40.6 Å². The molecule has 3 heterocycles. The average Bonchev–Trinajstić information content (AvgIpc) is 3.52. The van der Waals surface area contributed by atoms with Gasteiger partial charge in [-0.25, -0.2) is 9.69 Å². The largest absolute Gasteiger partial charge is 0.507 e. The molecule has 3 fully saturated rings. The van der Waals surface area contributed by atoms with Crippen molar-refractivity contribution in [3.63, 3.8) is 0 Å². The van der Waals surface area contributed by atoms with E-state index in [0.29, 0.717) is 5.57 Å². The Kier molecular flexibility index (Phi) is 5.75. The number of benzene rings is 1. The van der Waals surface area contributed by atoms with E-state index < -0.39 is 80.9 Å². The SMILES string of the molecule is CN1C(=O)[C@]2(Cl)C[C@@H]3C(=CC[C@@H]4C(=O)N(c5ccc(C(=O)O)c(O)c5)C(=O)[C@@H]43)[C@H](c3ccc(CO)o3)[C@]2(Cl)C1=O. The van der Waals surface area contributed by atoms with Crippen LogP contribution in [0.4, 0.5) is 5.69 Å². The molecule has 2 aliphatic carbocycles. The van der Waals surface area contributed by atoms with Gasteiger partial charge in [0.2, 0.25) is 11.8 Å². The second-order valence-corrected chi connectivity index (χ2v) is 11.7. The number of halogens is 2. The summed E-state index contributed by atoms with van der Waals surface area (Å²) in [5.41, 5.74) is 0.129. The van der Waals surface area contributed by atoms with Crippen LogP contribution in [0.25, 0.3) is 0 Å². The maximum atomic E-state index is 13.9. The number of fused-ring (bicyclic) bond motifs is 4. The molecule has 4 amide bonds. The van der Waals surface area contributed by atoms with Gasteiger partial charge in [0.25, 0.3) is 11.8 Å². The average molecular weight is 589 g/mol. The predicted octanol–water partition coefficient (Wildman–Crippen LogP) is 2.37. The summed E-state index contributed by atoms with van der Waals surface area (Å²) in [5, 5.41) is 29.0. The molecule has 2 aliphatic heterocycles. The Morgan fingerprint density at radius 2 is 1.80 bits per heavy atom. The molecule has 1 saturated carbocycles. The van der Waals surface area contributed by atoms with E-state index in [1.807, 2.05) is 0 Å². The van der Waals surface area contributed by atoms with Crippen molar-refractivity contribution >= 4 is 58.5 Å². The van der Waals surface area contributed by atoms with E-state index in [0.717, 1.165) is 21.9 Å². The molecule has 11 nitrogen and oxygen atoms in total. The first kappa shape index (κ1) is 26.5. The Labute approximate surface area is 236 Å². The molecule has 13 heteroatoms. The second kappa shape index (κ2) is 8.66. The minimum Gasteiger partial charge on any atom is -0.507 e. The number of amides is 4. The van der Waals surface area contributed by atoms with Gasteiger partial charge in [-0.1, -0.05) is 11.6 Å². The molecule has 4 aliphatic rings. The van der Waals surface area contributed by atoms with E-state index in [1.165, 1.54) is 25.2 Å². The zero-order chi connectivity index (χ0) is 28.9. The summed E-state index contributed by atoms with van der Waals surface area (Å²) in [6.07, 6.45) is 1.63. The molecule has 2 aromatic rings. The van der Waals surface area contributed by atoms with Crippen molar-refractivity contribution < 1.29 is 43.7 Å². The zero-order valence-corrected chi connectivity index (χ0v) is 22.3. The first-order valence-corrected chi connectivity index (χ1v) is 13.2. The summed E-state index contributed by atoms with van der Waals surface area (Å²) in [7, 11) is 1.27. The molecule has 0 bridgehead atoms. The van der Waals surface area contributed by atoms with Crippen LogP contribution in [0.5, 0.6) is 5.75 Å². The molecule has 3 N–H and O–H groups in total. The van der Waals surface area contributed by atoms with Gasteiger partial charge in [0.15, 0.2) is 9.75 Å². The van der Waals surface area contributed by atoms with Crippen LogP contribution in [0.2, 0.25) is 0 Å². The number of carboxylic acids is 1. The molecular weight excluding hydrogens is 567 g/mol. The summed E-state index contributed by atoms with van der Waals surface area (Å²) < 4.78 is 5.80. The number of phenols is 1. The number of likely N-dealkylation sites (tertiary alicyclic amines) is 1. The van der Waals surface area contributed by atoms with Gasteiger partial charge < -0.3 is 19.7 Å². The number of hydrogen-bond donors (Lipinski definition) is 3. The van der Waals surface area contributed by atoms with E-state index in [1.54, 1.807) is 6.08 Å². The van der Waals surface area contributed by atoms with Crippen molar-refractivity contribution in [1.82, 2.24) is 4.90 Å². The standard InChI is InChI=1S/C27H22Cl2N2O9/c1-30-24(38)26(28)9-16-13(20(27(26,29)25(30)39)18-7-3-12(10-32)40-18)5-6-15-19(16)22(35)31(21(15)34)11-2-4-14(23(36)37)17(33)8-11/h2-5,7-8,15-16,19-20,32-33H,6,9-10H2,1H3,(H,36,37)/t15-,16+,19-,20+,26+,27-/m0/s1. The van der Waals surface area contributed by atoms with E-state index in [4.69, 9.17) is 27.6 Å². The number of allylic oxidation sites excluding steroid dienone is 2. The highest BCUT2D eigenvalue weighted by atomic mass is 35.5. The lowest BCUT2D eigenvalue weighted by Gasteiger charge is -2.49. The molecule has 0 unspecified atom stereocenters. The molecule has 0 spiro atoms. The molecule has 6 rings (SSSR count). The molecule has 1 aromatic carbocycles. The Balaban J connectivity index is 1.47. The number of aromatic hydroxyl groups is 1. The number of anilines is 1. The number of nitrogens with zero attached hydrogens (tertiary/aromatic N) is 2. The van der Waals surface area contributed by atoms with Crippen LogP contribution in [-0.2, 0) is 25.8 Å². The van der Waals surface area contributed by atoms with Crippen LogP contribution >= 0.6 is 23.2 Å². The Bertz CT molecular complexity index is 1570. The number of rotatable bonds is 4. The third-order valence-electron chi connectivity index (χ3n) is 8.61. The van der Waals surface area contributed by atoms with Gasteiger partial charge in [-0.15, -0.1) is 23.2 Å². The highest BCUT2D eigenvalue weighted by Crippen LogP contribution is 2.65. The number of carbonyl (C=O) groups excluding carboxylic acids is 4. The number of aliphatic hydroxyl groups is 1. The van der Waals surface area contributed by atoms with Gasteiger partial charge >= 0.3 is 5.97 Å². The van der Waals surface area contributed by atoms with Crippen molar-refractivity contribution in [3.05, 3.63) is 59.1 Å². The fraction of sp³-hybridized carbons (Fsp3) is 0.370. The number of alkyl halides is 2. The first-order valence-electron chi connectivity index (χ1n) is 12.4. The molecule has 2 saturated heterocycles. The maximum absolute atomic E-state index is 13.9. The summed E-state index contributed by atoms with van der Waals surface area (Å²) >= 11 is 14.1. The van der Waals surface area contributed by atoms with Crippen molar-refractivity contribution in [2.24, 2.45) is 17.8 Å². The van der Waals surface area contributed by atoms with Gasteiger partial charge in [-0.3, -0.25) is 24.1 Å². The van der Waals surface area contributed by atoms with Gasteiger partial charge in [-0.05, 0) is 43.0 Å². The smallest absolute Gasteiger partial charge is 0.339 e. The minimum atomic E-state index is -2.00. The number of aromatic carboxylic acids is 1. The highest BCUT2D eigenvalue weighted by molar-refractivity contribution is 6.53. The number of furan rings is 1. The van der Waals surface area contributed by atoms with Crippen LogP contribution < -0.4 is 4.90 Å². The highest BCUT2D eigenvalue weighted by Gasteiger charge is 2.76. The number of carbonyl (C=O) groups is 5. The van der Waals surface area contributed by atoms with E-state index >= 15 is 0 Å². The van der Waals surface area contributed by atoms with Crippen LogP contribution in [0, 0.1) is 17.8 Å². The number of aliphatic hydroxyl groups excluding tert-OH is 1. The fourth-order valence-electron chi connectivity index (χ4n) is 6.79. The zero-order valence-electron chi connectivity index (χ0n) is 20.8. The monoisotopic (exact) mass is 588 g/mol. The van der Waals surface area contributed by atoms with Gasteiger partial charge in [0.1, 0.15) is 29.4 Å². The van der Waals surface area contributed by atoms with Gasteiger partial charge in [0, 0.05) is 13.1 Å². The quantitative estimate of drug-likeness (QED) is 0.276. The van der Waals surface area contributed by atoms with Crippen molar-refractivity contribution in [2.75, 3.05) is 11.9 Å². The molecule has 0 radical (unpaired) electrons. The van der Waals surface area contributed by atoms with E-state index in [-0.39, 0.29) is 30.0 Å². The lowest BCUT2D eigenvalue weighted by Crippen LogP contribution is -2.60. The summed E-state index contributed by atoms with van der Waals surface area (Å²) in [5.74, 6) is -7.93. The fourth-order valence-corrected chi connectivity index (χ4v) is 7.79.